The van der Waals surface area contributed by atoms with Crippen molar-refractivity contribution in [1.82, 2.24) is 24.5 Å². The van der Waals surface area contributed by atoms with Gasteiger partial charge in [-0.1, -0.05) is 11.8 Å². The van der Waals surface area contributed by atoms with Gasteiger partial charge in [-0.3, -0.25) is 19.0 Å². The second kappa shape index (κ2) is 6.32. The number of carbonyl (C=O) groups excluding carboxylic acids is 1. The van der Waals surface area contributed by atoms with Crippen molar-refractivity contribution in [2.24, 2.45) is 0 Å². The zero-order chi connectivity index (χ0) is 16.6. The van der Waals surface area contributed by atoms with Crippen LogP contribution in [-0.4, -0.2) is 61.4 Å². The molecule has 1 aliphatic rings. The van der Waals surface area contributed by atoms with Crippen LogP contribution in [0.4, 0.5) is 0 Å². The van der Waals surface area contributed by atoms with Gasteiger partial charge in [-0.15, -0.1) is 10.2 Å². The minimum atomic E-state index is -0.216. The van der Waals surface area contributed by atoms with Crippen molar-refractivity contribution in [2.75, 3.05) is 18.8 Å². The summed E-state index contributed by atoms with van der Waals surface area (Å²) in [7, 11) is 0. The first-order chi connectivity index (χ1) is 10.9. The Morgan fingerprint density at radius 2 is 2.09 bits per heavy atom. The molecule has 1 fully saturated rings. The maximum atomic E-state index is 12.4. The molecule has 3 heterocycles. The van der Waals surface area contributed by atoms with Gasteiger partial charge in [-0.05, 0) is 20.8 Å². The van der Waals surface area contributed by atoms with E-state index in [1.807, 2.05) is 25.7 Å². The second-order valence-electron chi connectivity index (χ2n) is 5.76. The summed E-state index contributed by atoms with van der Waals surface area (Å²) in [4.78, 5) is 28.3. The zero-order valence-electron chi connectivity index (χ0n) is 13.3. The number of nitrogens with one attached hydrogen (secondary N) is 1. The first kappa shape index (κ1) is 16.0. The molecule has 8 nitrogen and oxygen atoms in total. The van der Waals surface area contributed by atoms with E-state index in [0.717, 1.165) is 5.69 Å². The number of H-pyrrole nitrogens is 1. The lowest BCUT2D eigenvalue weighted by Gasteiger charge is -2.35. The van der Waals surface area contributed by atoms with Gasteiger partial charge in [0.05, 0.1) is 18.0 Å². The van der Waals surface area contributed by atoms with E-state index in [2.05, 4.69) is 15.2 Å². The van der Waals surface area contributed by atoms with Gasteiger partial charge in [0.15, 0.2) is 5.16 Å². The first-order valence-corrected chi connectivity index (χ1v) is 8.43. The largest absolute Gasteiger partial charge is 0.372 e. The highest BCUT2D eigenvalue weighted by atomic mass is 32.2. The number of aromatic nitrogens is 4. The molecule has 0 bridgehead atoms. The third-order valence-electron chi connectivity index (χ3n) is 3.66. The fourth-order valence-corrected chi connectivity index (χ4v) is 3.66. The lowest BCUT2D eigenvalue weighted by Crippen LogP contribution is -2.48. The number of nitrogens with zero attached hydrogens (tertiary/aromatic N) is 4. The number of aryl methyl sites for hydroxylation is 1. The summed E-state index contributed by atoms with van der Waals surface area (Å²) >= 11 is 1.32. The number of hydrogen-bond donors (Lipinski definition) is 1. The van der Waals surface area contributed by atoms with Crippen molar-refractivity contribution in [2.45, 2.75) is 38.1 Å². The Morgan fingerprint density at radius 1 is 1.39 bits per heavy atom. The molecule has 2 atom stereocenters. The molecule has 23 heavy (non-hydrogen) atoms. The fourth-order valence-electron chi connectivity index (χ4n) is 2.76. The van der Waals surface area contributed by atoms with Crippen LogP contribution in [0.3, 0.4) is 0 Å². The summed E-state index contributed by atoms with van der Waals surface area (Å²) in [5.41, 5.74) is 0.517. The predicted octanol–water partition coefficient (Wildman–Crippen LogP) is 0.454. The highest BCUT2D eigenvalue weighted by Crippen LogP contribution is 2.19. The third kappa shape index (κ3) is 3.40. The number of hydrogen-bond acceptors (Lipinski definition) is 6. The van der Waals surface area contributed by atoms with E-state index in [9.17, 15) is 9.59 Å². The van der Waals surface area contributed by atoms with Crippen molar-refractivity contribution in [3.8, 4) is 0 Å². The summed E-state index contributed by atoms with van der Waals surface area (Å²) < 4.78 is 7.38. The molecule has 2 aromatic heterocycles. The third-order valence-corrected chi connectivity index (χ3v) is 4.57. The lowest BCUT2D eigenvalue weighted by molar-refractivity contribution is -0.140. The van der Waals surface area contributed by atoms with Crippen LogP contribution in [0.25, 0.3) is 5.78 Å². The van der Waals surface area contributed by atoms with Gasteiger partial charge in [0.25, 0.3) is 5.56 Å². The van der Waals surface area contributed by atoms with Crippen LogP contribution in [-0.2, 0) is 9.53 Å². The van der Waals surface area contributed by atoms with Gasteiger partial charge in [0.2, 0.25) is 11.7 Å². The fraction of sp³-hybridized carbons (Fsp3) is 0.571. The van der Waals surface area contributed by atoms with E-state index < -0.39 is 0 Å². The van der Waals surface area contributed by atoms with E-state index in [1.165, 1.54) is 17.8 Å². The molecular formula is C14H19N5O3S. The Balaban J connectivity index is 1.71. The number of thioether (sulfide) groups is 1. The molecule has 0 radical (unpaired) electrons. The topological polar surface area (TPSA) is 92.6 Å². The first-order valence-electron chi connectivity index (χ1n) is 7.45. The number of ether oxygens (including phenoxy) is 1. The van der Waals surface area contributed by atoms with Crippen LogP contribution >= 0.6 is 11.8 Å². The monoisotopic (exact) mass is 337 g/mol. The van der Waals surface area contributed by atoms with Crippen molar-refractivity contribution in [3.63, 3.8) is 0 Å². The van der Waals surface area contributed by atoms with Crippen molar-refractivity contribution in [1.29, 1.82) is 0 Å². The maximum Gasteiger partial charge on any atom is 0.252 e. The molecule has 1 N–H and O–H groups in total. The molecule has 1 aliphatic heterocycles. The number of carbonyl (C=O) groups is 1. The molecule has 0 spiro atoms. The molecule has 0 saturated carbocycles. The number of rotatable bonds is 3. The standard InChI is InChI=1S/C14H19N5O3S/c1-8-4-11(20)15-13-16-17-14(19(8)13)23-7-12(21)18-5-9(2)22-10(3)6-18/h4,9-10H,5-7H2,1-3H3,(H,15,16,20)/t9-,10+. The Morgan fingerprint density at radius 3 is 2.78 bits per heavy atom. The Kier molecular flexibility index (Phi) is 4.40. The molecule has 9 heteroatoms. The van der Waals surface area contributed by atoms with Gasteiger partial charge in [-0.25, -0.2) is 0 Å². The molecule has 3 rings (SSSR count). The SMILES string of the molecule is Cc1cc(=O)[nH]c2nnc(SCC(=O)N3C[C@@H](C)O[C@@H](C)C3)n12. The summed E-state index contributed by atoms with van der Waals surface area (Å²) in [6.07, 6.45) is 0.0999. The minimum absolute atomic E-state index is 0.0499. The molecule has 0 aromatic carbocycles. The minimum Gasteiger partial charge on any atom is -0.372 e. The van der Waals surface area contributed by atoms with Gasteiger partial charge < -0.3 is 9.64 Å². The van der Waals surface area contributed by atoms with E-state index in [4.69, 9.17) is 4.74 Å². The Bertz CT molecular complexity index is 776. The molecule has 0 aliphatic carbocycles. The number of morpholine rings is 1. The molecule has 124 valence electrons. The summed E-state index contributed by atoms with van der Waals surface area (Å²) in [5.74, 6) is 0.716. The van der Waals surface area contributed by atoms with E-state index in [0.29, 0.717) is 24.0 Å². The molecule has 1 saturated heterocycles. The summed E-state index contributed by atoms with van der Waals surface area (Å²) in [6.45, 7) is 6.96. The van der Waals surface area contributed by atoms with Gasteiger partial charge >= 0.3 is 0 Å². The quantitative estimate of drug-likeness (QED) is 0.818. The zero-order valence-corrected chi connectivity index (χ0v) is 14.1. The second-order valence-corrected chi connectivity index (χ2v) is 6.70. The van der Waals surface area contributed by atoms with Crippen molar-refractivity contribution < 1.29 is 9.53 Å². The normalized spacial score (nSPS) is 21.8. The predicted molar refractivity (Wildman–Crippen MR) is 85.7 cm³/mol. The average Bonchev–Trinajstić information content (AvgIpc) is 2.86. The van der Waals surface area contributed by atoms with Crippen LogP contribution in [0, 0.1) is 6.92 Å². The van der Waals surface area contributed by atoms with Gasteiger partial charge in [-0.2, -0.15) is 0 Å². The highest BCUT2D eigenvalue weighted by Gasteiger charge is 2.26. The summed E-state index contributed by atoms with van der Waals surface area (Å²) in [5, 5.41) is 8.60. The number of amides is 1. The van der Waals surface area contributed by atoms with E-state index >= 15 is 0 Å². The highest BCUT2D eigenvalue weighted by molar-refractivity contribution is 7.99. The molecule has 1 amide bonds. The van der Waals surface area contributed by atoms with Crippen molar-refractivity contribution >= 4 is 23.4 Å². The number of aromatic amines is 1. The van der Waals surface area contributed by atoms with Crippen LogP contribution in [0.5, 0.6) is 0 Å². The van der Waals surface area contributed by atoms with E-state index in [1.54, 1.807) is 4.40 Å². The van der Waals surface area contributed by atoms with Gasteiger partial charge in [0, 0.05) is 24.8 Å². The number of fused-ring (bicyclic) bond motifs is 1. The Labute approximate surface area is 137 Å². The lowest BCUT2D eigenvalue weighted by atomic mass is 10.2. The molecular weight excluding hydrogens is 318 g/mol. The van der Waals surface area contributed by atoms with E-state index in [-0.39, 0.29) is 29.4 Å². The van der Waals surface area contributed by atoms with Crippen LogP contribution in [0.1, 0.15) is 19.5 Å². The Hall–Kier alpha value is -1.87. The summed E-state index contributed by atoms with van der Waals surface area (Å²) in [6, 6.07) is 1.48. The molecule has 0 unspecified atom stereocenters. The van der Waals surface area contributed by atoms with Crippen LogP contribution in [0.2, 0.25) is 0 Å². The maximum absolute atomic E-state index is 12.4. The van der Waals surface area contributed by atoms with Crippen LogP contribution < -0.4 is 5.56 Å². The van der Waals surface area contributed by atoms with Crippen LogP contribution in [0.15, 0.2) is 16.0 Å². The van der Waals surface area contributed by atoms with Gasteiger partial charge in [0.1, 0.15) is 0 Å². The van der Waals surface area contributed by atoms with Crippen molar-refractivity contribution in [3.05, 3.63) is 22.1 Å². The smallest absolute Gasteiger partial charge is 0.252 e. The average molecular weight is 337 g/mol. The molecule has 2 aromatic rings.